The highest BCUT2D eigenvalue weighted by Crippen LogP contribution is 2.34. The van der Waals surface area contributed by atoms with Crippen LogP contribution < -0.4 is 4.90 Å². The maximum atomic E-state index is 12.6. The molecule has 2 rings (SSSR count). The van der Waals surface area contributed by atoms with Gasteiger partial charge in [-0.3, -0.25) is 0 Å². The summed E-state index contributed by atoms with van der Waals surface area (Å²) in [5.74, 6) is -1.55. The molecule has 1 aliphatic rings. The number of hydrogen-bond donors (Lipinski definition) is 1. The minimum atomic E-state index is -4.64. The average Bonchev–Trinajstić information content (AvgIpc) is 2.80. The third kappa shape index (κ3) is 2.42. The maximum absolute atomic E-state index is 12.6. The SMILES string of the molecule is O=C(O)c1cc(N2CCCC2)ccc1C(F)(F)F. The van der Waals surface area contributed by atoms with E-state index in [1.807, 2.05) is 4.90 Å². The van der Waals surface area contributed by atoms with E-state index in [4.69, 9.17) is 5.11 Å². The lowest BCUT2D eigenvalue weighted by Gasteiger charge is -2.19. The number of hydrogen-bond acceptors (Lipinski definition) is 2. The van der Waals surface area contributed by atoms with Crippen LogP contribution in [0.2, 0.25) is 0 Å². The number of carbonyl (C=O) groups is 1. The van der Waals surface area contributed by atoms with E-state index in [0.717, 1.165) is 38.1 Å². The number of rotatable bonds is 2. The molecule has 0 bridgehead atoms. The van der Waals surface area contributed by atoms with Crippen LogP contribution in [0.3, 0.4) is 0 Å². The summed E-state index contributed by atoms with van der Waals surface area (Å²) in [6.07, 6.45) is -2.69. The van der Waals surface area contributed by atoms with Gasteiger partial charge in [0.1, 0.15) is 0 Å². The van der Waals surface area contributed by atoms with Gasteiger partial charge < -0.3 is 10.0 Å². The van der Waals surface area contributed by atoms with Gasteiger partial charge in [0, 0.05) is 18.8 Å². The van der Waals surface area contributed by atoms with Crippen molar-refractivity contribution in [1.29, 1.82) is 0 Å². The van der Waals surface area contributed by atoms with E-state index in [-0.39, 0.29) is 0 Å². The van der Waals surface area contributed by atoms with Gasteiger partial charge in [-0.1, -0.05) is 0 Å². The highest BCUT2D eigenvalue weighted by atomic mass is 19.4. The summed E-state index contributed by atoms with van der Waals surface area (Å²) < 4.78 is 37.9. The Hall–Kier alpha value is -1.72. The first-order chi connectivity index (χ1) is 8.39. The van der Waals surface area contributed by atoms with Crippen molar-refractivity contribution in [3.63, 3.8) is 0 Å². The summed E-state index contributed by atoms with van der Waals surface area (Å²) in [7, 11) is 0. The molecule has 0 saturated carbocycles. The first-order valence-corrected chi connectivity index (χ1v) is 5.59. The second-order valence-electron chi connectivity index (χ2n) is 4.23. The van der Waals surface area contributed by atoms with Crippen LogP contribution in [-0.4, -0.2) is 24.2 Å². The maximum Gasteiger partial charge on any atom is 0.417 e. The van der Waals surface area contributed by atoms with Gasteiger partial charge in [0.15, 0.2) is 0 Å². The van der Waals surface area contributed by atoms with Gasteiger partial charge in [-0.2, -0.15) is 13.2 Å². The molecule has 1 aromatic carbocycles. The molecule has 1 heterocycles. The minimum Gasteiger partial charge on any atom is -0.478 e. The van der Waals surface area contributed by atoms with E-state index in [9.17, 15) is 18.0 Å². The summed E-state index contributed by atoms with van der Waals surface area (Å²) in [6, 6.07) is 3.29. The quantitative estimate of drug-likeness (QED) is 0.887. The van der Waals surface area contributed by atoms with E-state index >= 15 is 0 Å². The third-order valence-corrected chi connectivity index (χ3v) is 3.01. The lowest BCUT2D eigenvalue weighted by molar-refractivity contribution is -0.138. The number of benzene rings is 1. The van der Waals surface area contributed by atoms with Gasteiger partial charge >= 0.3 is 12.1 Å². The van der Waals surface area contributed by atoms with Crippen molar-refractivity contribution in [2.24, 2.45) is 0 Å². The molecule has 1 aliphatic heterocycles. The number of carboxylic acids is 1. The summed E-state index contributed by atoms with van der Waals surface area (Å²) in [5, 5.41) is 8.88. The van der Waals surface area contributed by atoms with E-state index in [0.29, 0.717) is 5.69 Å². The standard InChI is InChI=1S/C12H12F3NO2/c13-12(14,15)10-4-3-8(7-9(10)11(17)18)16-5-1-2-6-16/h3-4,7H,1-2,5-6H2,(H,17,18). The van der Waals surface area contributed by atoms with Gasteiger partial charge in [-0.25, -0.2) is 4.79 Å². The van der Waals surface area contributed by atoms with Crippen molar-refractivity contribution in [2.45, 2.75) is 19.0 Å². The number of alkyl halides is 3. The zero-order valence-corrected chi connectivity index (χ0v) is 9.50. The molecular weight excluding hydrogens is 247 g/mol. The zero-order chi connectivity index (χ0) is 13.3. The Morgan fingerprint density at radius 1 is 1.22 bits per heavy atom. The number of carboxylic acid groups (broad SMARTS) is 1. The molecular formula is C12H12F3NO2. The van der Waals surface area contributed by atoms with Crippen LogP contribution >= 0.6 is 0 Å². The molecule has 18 heavy (non-hydrogen) atoms. The topological polar surface area (TPSA) is 40.5 Å². The molecule has 0 radical (unpaired) electrons. The van der Waals surface area contributed by atoms with E-state index < -0.39 is 23.3 Å². The van der Waals surface area contributed by atoms with E-state index in [1.54, 1.807) is 0 Å². The molecule has 3 nitrogen and oxygen atoms in total. The lowest BCUT2D eigenvalue weighted by Crippen LogP contribution is -2.19. The van der Waals surface area contributed by atoms with Crippen LogP contribution in [0.1, 0.15) is 28.8 Å². The first-order valence-electron chi connectivity index (χ1n) is 5.59. The van der Waals surface area contributed by atoms with Gasteiger partial charge in [0.05, 0.1) is 11.1 Å². The Labute approximate surface area is 102 Å². The van der Waals surface area contributed by atoms with Crippen LogP contribution in [0, 0.1) is 0 Å². The molecule has 1 aromatic rings. The fourth-order valence-electron chi connectivity index (χ4n) is 2.13. The fourth-order valence-corrected chi connectivity index (χ4v) is 2.13. The average molecular weight is 259 g/mol. The molecule has 1 N–H and O–H groups in total. The Bertz CT molecular complexity index is 465. The summed E-state index contributed by atoms with van der Waals surface area (Å²) in [6.45, 7) is 1.51. The Balaban J connectivity index is 2.43. The summed E-state index contributed by atoms with van der Waals surface area (Å²) in [5.41, 5.74) is -1.25. The molecule has 0 spiro atoms. The molecule has 0 atom stereocenters. The molecule has 0 aromatic heterocycles. The van der Waals surface area contributed by atoms with Crippen LogP contribution in [0.4, 0.5) is 18.9 Å². The van der Waals surface area contributed by atoms with Crippen LogP contribution in [0.15, 0.2) is 18.2 Å². The molecule has 98 valence electrons. The lowest BCUT2D eigenvalue weighted by atomic mass is 10.1. The van der Waals surface area contributed by atoms with E-state index in [1.165, 1.54) is 6.07 Å². The Morgan fingerprint density at radius 3 is 2.33 bits per heavy atom. The van der Waals surface area contributed by atoms with E-state index in [2.05, 4.69) is 0 Å². The Morgan fingerprint density at radius 2 is 1.83 bits per heavy atom. The number of nitrogens with zero attached hydrogens (tertiary/aromatic N) is 1. The second kappa shape index (κ2) is 4.51. The predicted octanol–water partition coefficient (Wildman–Crippen LogP) is 3.00. The number of halogens is 3. The third-order valence-electron chi connectivity index (χ3n) is 3.01. The monoisotopic (exact) mass is 259 g/mol. The van der Waals surface area contributed by atoms with Crippen molar-refractivity contribution in [2.75, 3.05) is 18.0 Å². The summed E-state index contributed by atoms with van der Waals surface area (Å²) in [4.78, 5) is 12.8. The van der Waals surface area contributed by atoms with Crippen LogP contribution in [-0.2, 0) is 6.18 Å². The number of anilines is 1. The largest absolute Gasteiger partial charge is 0.478 e. The zero-order valence-electron chi connectivity index (χ0n) is 9.50. The summed E-state index contributed by atoms with van der Waals surface area (Å²) >= 11 is 0. The second-order valence-corrected chi connectivity index (χ2v) is 4.23. The predicted molar refractivity (Wildman–Crippen MR) is 59.9 cm³/mol. The minimum absolute atomic E-state index is 0.540. The van der Waals surface area contributed by atoms with Crippen molar-refractivity contribution in [3.8, 4) is 0 Å². The smallest absolute Gasteiger partial charge is 0.417 e. The highest BCUT2D eigenvalue weighted by Gasteiger charge is 2.35. The van der Waals surface area contributed by atoms with Crippen molar-refractivity contribution in [1.82, 2.24) is 0 Å². The molecule has 0 amide bonds. The van der Waals surface area contributed by atoms with Crippen LogP contribution in [0.25, 0.3) is 0 Å². The molecule has 0 aliphatic carbocycles. The van der Waals surface area contributed by atoms with Crippen LogP contribution in [0.5, 0.6) is 0 Å². The molecule has 1 saturated heterocycles. The number of aromatic carboxylic acids is 1. The van der Waals surface area contributed by atoms with Crippen molar-refractivity contribution >= 4 is 11.7 Å². The van der Waals surface area contributed by atoms with Gasteiger partial charge in [-0.15, -0.1) is 0 Å². The normalized spacial score (nSPS) is 16.1. The first kappa shape index (κ1) is 12.7. The Kier molecular flexibility index (Phi) is 3.19. The molecule has 0 unspecified atom stereocenters. The fraction of sp³-hybridized carbons (Fsp3) is 0.417. The highest BCUT2D eigenvalue weighted by molar-refractivity contribution is 5.91. The van der Waals surface area contributed by atoms with Gasteiger partial charge in [0.2, 0.25) is 0 Å². The molecule has 6 heteroatoms. The van der Waals surface area contributed by atoms with Gasteiger partial charge in [0.25, 0.3) is 0 Å². The van der Waals surface area contributed by atoms with Crippen molar-refractivity contribution in [3.05, 3.63) is 29.3 Å². The van der Waals surface area contributed by atoms with Crippen molar-refractivity contribution < 1.29 is 23.1 Å². The molecule has 1 fully saturated rings. The van der Waals surface area contributed by atoms with Gasteiger partial charge in [-0.05, 0) is 31.0 Å².